The van der Waals surface area contributed by atoms with Crippen molar-refractivity contribution >= 4 is 5.97 Å². The topological polar surface area (TPSA) is 58.4 Å². The summed E-state index contributed by atoms with van der Waals surface area (Å²) >= 11 is 0. The fourth-order valence-electron chi connectivity index (χ4n) is 2.94. The maximum Gasteiger partial charge on any atom is 0.335 e. The summed E-state index contributed by atoms with van der Waals surface area (Å²) in [5.74, 6) is -0.865. The molecule has 0 unspecified atom stereocenters. The number of carboxylic acids is 1. The van der Waals surface area contributed by atoms with E-state index in [1.165, 1.54) is 11.3 Å². The summed E-state index contributed by atoms with van der Waals surface area (Å²) < 4.78 is 2.03. The number of carboxylic acid groups (broad SMARTS) is 1. The van der Waals surface area contributed by atoms with Crippen LogP contribution < -0.4 is 0 Å². The largest absolute Gasteiger partial charge is 0.478 e. The van der Waals surface area contributed by atoms with E-state index in [0.29, 0.717) is 5.56 Å². The van der Waals surface area contributed by atoms with Crippen LogP contribution in [-0.4, -0.2) is 25.8 Å². The summed E-state index contributed by atoms with van der Waals surface area (Å²) in [5.41, 5.74) is 4.96. The van der Waals surface area contributed by atoms with Gasteiger partial charge in [-0.3, -0.25) is 9.58 Å². The minimum Gasteiger partial charge on any atom is -0.478 e. The predicted octanol–water partition coefficient (Wildman–Crippen LogP) is 2.43. The number of hydrogen-bond acceptors (Lipinski definition) is 3. The van der Waals surface area contributed by atoms with Gasteiger partial charge in [0.2, 0.25) is 0 Å². The van der Waals surface area contributed by atoms with Gasteiger partial charge in [-0.15, -0.1) is 0 Å². The molecule has 2 aromatic rings. The molecule has 1 aliphatic rings. The summed E-state index contributed by atoms with van der Waals surface area (Å²) in [6.07, 6.45) is 0. The fourth-order valence-corrected chi connectivity index (χ4v) is 2.94. The Kier molecular flexibility index (Phi) is 3.51. The number of aromatic carboxylic acids is 1. The molecule has 1 N–H and O–H groups in total. The van der Waals surface area contributed by atoms with E-state index in [1.807, 2.05) is 17.7 Å². The summed E-state index contributed by atoms with van der Waals surface area (Å²) in [4.78, 5) is 13.4. The lowest BCUT2D eigenvalue weighted by atomic mass is 10.1. The molecule has 5 heteroatoms. The molecule has 0 radical (unpaired) electrons. The Labute approximate surface area is 123 Å². The molecule has 0 aliphatic carbocycles. The molecule has 0 atom stereocenters. The average Bonchev–Trinajstić information content (AvgIpc) is 3.00. The number of aryl methyl sites for hydroxylation is 2. The third kappa shape index (κ3) is 2.69. The summed E-state index contributed by atoms with van der Waals surface area (Å²) in [7, 11) is 0. The second kappa shape index (κ2) is 5.33. The van der Waals surface area contributed by atoms with Gasteiger partial charge in [-0.2, -0.15) is 5.10 Å². The standard InChI is InChI=1S/C16H19N3O2/c1-3-19-15(6-11(2)17-19)10-18-8-13-5-4-12(16(20)21)7-14(13)9-18/h4-7H,3,8-10H2,1-2H3,(H,20,21). The number of fused-ring (bicyclic) bond motifs is 1. The van der Waals surface area contributed by atoms with Crippen molar-refractivity contribution in [3.05, 3.63) is 52.3 Å². The van der Waals surface area contributed by atoms with Crippen LogP contribution in [0.3, 0.4) is 0 Å². The number of benzene rings is 1. The highest BCUT2D eigenvalue weighted by atomic mass is 16.4. The number of rotatable bonds is 4. The van der Waals surface area contributed by atoms with Gasteiger partial charge >= 0.3 is 5.97 Å². The molecule has 21 heavy (non-hydrogen) atoms. The minimum absolute atomic E-state index is 0.366. The Hall–Kier alpha value is -2.14. The molecular formula is C16H19N3O2. The van der Waals surface area contributed by atoms with Crippen LogP contribution in [0.4, 0.5) is 0 Å². The van der Waals surface area contributed by atoms with E-state index in [0.717, 1.165) is 37.4 Å². The number of nitrogens with zero attached hydrogens (tertiary/aromatic N) is 3. The highest BCUT2D eigenvalue weighted by Crippen LogP contribution is 2.25. The molecular weight excluding hydrogens is 266 g/mol. The Morgan fingerprint density at radius 1 is 1.29 bits per heavy atom. The molecule has 0 amide bonds. The van der Waals surface area contributed by atoms with Crippen LogP contribution in [0.25, 0.3) is 0 Å². The summed E-state index contributed by atoms with van der Waals surface area (Å²) in [5, 5.41) is 13.5. The second-order valence-electron chi connectivity index (χ2n) is 5.53. The van der Waals surface area contributed by atoms with E-state index in [-0.39, 0.29) is 0 Å². The lowest BCUT2D eigenvalue weighted by Gasteiger charge is -2.15. The van der Waals surface area contributed by atoms with Crippen molar-refractivity contribution in [3.8, 4) is 0 Å². The van der Waals surface area contributed by atoms with Gasteiger partial charge in [-0.05, 0) is 43.2 Å². The van der Waals surface area contributed by atoms with Gasteiger partial charge < -0.3 is 5.11 Å². The molecule has 1 aromatic carbocycles. The zero-order valence-electron chi connectivity index (χ0n) is 12.3. The summed E-state index contributed by atoms with van der Waals surface area (Å²) in [6, 6.07) is 7.53. The van der Waals surface area contributed by atoms with Crippen LogP contribution in [0, 0.1) is 6.92 Å². The quantitative estimate of drug-likeness (QED) is 0.937. The van der Waals surface area contributed by atoms with Crippen LogP contribution in [-0.2, 0) is 26.2 Å². The molecule has 0 saturated carbocycles. The van der Waals surface area contributed by atoms with Gasteiger partial charge in [0.15, 0.2) is 0 Å². The smallest absolute Gasteiger partial charge is 0.335 e. The maximum atomic E-state index is 11.0. The van der Waals surface area contributed by atoms with E-state index in [9.17, 15) is 4.79 Å². The van der Waals surface area contributed by atoms with Gasteiger partial charge in [0.1, 0.15) is 0 Å². The highest BCUT2D eigenvalue weighted by Gasteiger charge is 2.21. The molecule has 2 heterocycles. The molecule has 5 nitrogen and oxygen atoms in total. The van der Waals surface area contributed by atoms with Gasteiger partial charge in [-0.25, -0.2) is 4.79 Å². The normalized spacial score (nSPS) is 14.4. The monoisotopic (exact) mass is 285 g/mol. The van der Waals surface area contributed by atoms with Gasteiger partial charge in [0.25, 0.3) is 0 Å². The first-order valence-corrected chi connectivity index (χ1v) is 7.17. The first-order valence-electron chi connectivity index (χ1n) is 7.17. The van der Waals surface area contributed by atoms with E-state index in [1.54, 1.807) is 12.1 Å². The Bertz CT molecular complexity index is 691. The van der Waals surface area contributed by atoms with Crippen molar-refractivity contribution < 1.29 is 9.90 Å². The minimum atomic E-state index is -0.865. The zero-order valence-corrected chi connectivity index (χ0v) is 12.3. The van der Waals surface area contributed by atoms with Crippen molar-refractivity contribution in [2.75, 3.05) is 0 Å². The lowest BCUT2D eigenvalue weighted by Crippen LogP contribution is -2.18. The molecule has 0 saturated heterocycles. The molecule has 0 bridgehead atoms. The third-order valence-corrected chi connectivity index (χ3v) is 3.91. The Morgan fingerprint density at radius 2 is 2.05 bits per heavy atom. The molecule has 1 aliphatic heterocycles. The molecule has 1 aromatic heterocycles. The van der Waals surface area contributed by atoms with Crippen LogP contribution in [0.2, 0.25) is 0 Å². The second-order valence-corrected chi connectivity index (χ2v) is 5.53. The van der Waals surface area contributed by atoms with Crippen molar-refractivity contribution in [2.45, 2.75) is 40.0 Å². The van der Waals surface area contributed by atoms with Crippen molar-refractivity contribution in [1.82, 2.24) is 14.7 Å². The summed E-state index contributed by atoms with van der Waals surface area (Å²) in [6.45, 7) is 7.47. The predicted molar refractivity (Wildman–Crippen MR) is 79.0 cm³/mol. The third-order valence-electron chi connectivity index (χ3n) is 3.91. The van der Waals surface area contributed by atoms with E-state index < -0.39 is 5.97 Å². The first-order chi connectivity index (χ1) is 10.1. The van der Waals surface area contributed by atoms with Crippen LogP contribution in [0.1, 0.15) is 39.8 Å². The average molecular weight is 285 g/mol. The fraction of sp³-hybridized carbons (Fsp3) is 0.375. The van der Waals surface area contributed by atoms with Crippen LogP contribution in [0.15, 0.2) is 24.3 Å². The van der Waals surface area contributed by atoms with Crippen molar-refractivity contribution in [2.24, 2.45) is 0 Å². The molecule has 3 rings (SSSR count). The number of aromatic nitrogens is 2. The molecule has 110 valence electrons. The van der Waals surface area contributed by atoms with Crippen molar-refractivity contribution in [1.29, 1.82) is 0 Å². The molecule has 0 fully saturated rings. The number of carbonyl (C=O) groups is 1. The lowest BCUT2D eigenvalue weighted by molar-refractivity contribution is 0.0696. The first kappa shape index (κ1) is 13.8. The van der Waals surface area contributed by atoms with Gasteiger partial charge in [0.05, 0.1) is 17.0 Å². The van der Waals surface area contributed by atoms with Gasteiger partial charge in [-0.1, -0.05) is 6.07 Å². The van der Waals surface area contributed by atoms with Crippen LogP contribution >= 0.6 is 0 Å². The maximum absolute atomic E-state index is 11.0. The highest BCUT2D eigenvalue weighted by molar-refractivity contribution is 5.87. The van der Waals surface area contributed by atoms with Crippen molar-refractivity contribution in [3.63, 3.8) is 0 Å². The van der Waals surface area contributed by atoms with E-state index in [4.69, 9.17) is 5.11 Å². The molecule has 0 spiro atoms. The number of hydrogen-bond donors (Lipinski definition) is 1. The van der Waals surface area contributed by atoms with Crippen LogP contribution in [0.5, 0.6) is 0 Å². The Morgan fingerprint density at radius 3 is 2.76 bits per heavy atom. The SMILES string of the molecule is CCn1nc(C)cc1CN1Cc2ccc(C(=O)O)cc2C1. The van der Waals surface area contributed by atoms with Gasteiger partial charge in [0, 0.05) is 26.2 Å². The van der Waals surface area contributed by atoms with E-state index in [2.05, 4.69) is 23.0 Å². The Balaban J connectivity index is 1.77. The van der Waals surface area contributed by atoms with E-state index >= 15 is 0 Å². The zero-order chi connectivity index (χ0) is 15.0.